The number of carbonyl (C=O) groups is 2. The molecule has 0 bridgehead atoms. The summed E-state index contributed by atoms with van der Waals surface area (Å²) in [7, 11) is 0. The molecule has 1 heterocycles. The molecule has 5 heteroatoms. The molecule has 2 amide bonds. The van der Waals surface area contributed by atoms with E-state index in [1.165, 1.54) is 0 Å². The summed E-state index contributed by atoms with van der Waals surface area (Å²) in [5.41, 5.74) is 1.76. The van der Waals surface area contributed by atoms with E-state index < -0.39 is 0 Å². The summed E-state index contributed by atoms with van der Waals surface area (Å²) < 4.78 is 0. The van der Waals surface area contributed by atoms with Gasteiger partial charge >= 0.3 is 0 Å². The number of carbonyl (C=O) groups excluding carboxylic acids is 2. The lowest BCUT2D eigenvalue weighted by Crippen LogP contribution is -2.48. The fourth-order valence-corrected chi connectivity index (χ4v) is 2.37. The predicted molar refractivity (Wildman–Crippen MR) is 82.2 cm³/mol. The Bertz CT molecular complexity index is 479. The van der Waals surface area contributed by atoms with E-state index in [1.807, 2.05) is 19.1 Å². The SMILES string of the molecule is Cc1ccc(C(=O)NCCNC(=O)[C@@H]2CCCCN2)cc1. The third-order valence-corrected chi connectivity index (χ3v) is 3.65. The highest BCUT2D eigenvalue weighted by molar-refractivity contribution is 5.94. The van der Waals surface area contributed by atoms with Gasteiger partial charge in [-0.15, -0.1) is 0 Å². The Labute approximate surface area is 125 Å². The standard InChI is InChI=1S/C16H23N3O2/c1-12-5-7-13(8-6-12)15(20)18-10-11-19-16(21)14-4-2-3-9-17-14/h5-8,14,17H,2-4,9-11H2,1H3,(H,18,20)(H,19,21)/t14-/m0/s1. The van der Waals surface area contributed by atoms with Gasteiger partial charge in [0.05, 0.1) is 6.04 Å². The van der Waals surface area contributed by atoms with E-state index in [2.05, 4.69) is 16.0 Å². The van der Waals surface area contributed by atoms with Gasteiger partial charge in [0.2, 0.25) is 5.91 Å². The minimum atomic E-state index is -0.111. The average Bonchev–Trinajstić information content (AvgIpc) is 2.52. The molecule has 1 fully saturated rings. The van der Waals surface area contributed by atoms with Crippen molar-refractivity contribution in [3.63, 3.8) is 0 Å². The predicted octanol–water partition coefficient (Wildman–Crippen LogP) is 0.983. The van der Waals surface area contributed by atoms with Crippen molar-refractivity contribution in [3.05, 3.63) is 35.4 Å². The van der Waals surface area contributed by atoms with E-state index >= 15 is 0 Å². The molecule has 0 aliphatic carbocycles. The molecule has 21 heavy (non-hydrogen) atoms. The van der Waals surface area contributed by atoms with Crippen LogP contribution in [-0.2, 0) is 4.79 Å². The highest BCUT2D eigenvalue weighted by Crippen LogP contribution is 2.06. The van der Waals surface area contributed by atoms with Gasteiger partial charge in [-0.3, -0.25) is 9.59 Å². The molecule has 0 radical (unpaired) electrons. The molecule has 1 aromatic rings. The van der Waals surface area contributed by atoms with Gasteiger partial charge in [0.1, 0.15) is 0 Å². The van der Waals surface area contributed by atoms with Gasteiger partial charge in [0.25, 0.3) is 5.91 Å². The lowest BCUT2D eigenvalue weighted by Gasteiger charge is -2.22. The van der Waals surface area contributed by atoms with Crippen molar-refractivity contribution < 1.29 is 9.59 Å². The lowest BCUT2D eigenvalue weighted by molar-refractivity contribution is -0.123. The Hall–Kier alpha value is -1.88. The molecule has 114 valence electrons. The van der Waals surface area contributed by atoms with Crippen LogP contribution in [0.15, 0.2) is 24.3 Å². The number of amides is 2. The van der Waals surface area contributed by atoms with Crippen LogP contribution in [0, 0.1) is 6.92 Å². The number of rotatable bonds is 5. The summed E-state index contributed by atoms with van der Waals surface area (Å²) in [4.78, 5) is 23.7. The second kappa shape index (κ2) is 7.78. The van der Waals surface area contributed by atoms with Gasteiger partial charge in [-0.25, -0.2) is 0 Å². The number of piperidine rings is 1. The summed E-state index contributed by atoms with van der Waals surface area (Å²) in [6, 6.07) is 7.34. The largest absolute Gasteiger partial charge is 0.353 e. The lowest BCUT2D eigenvalue weighted by atomic mass is 10.0. The van der Waals surface area contributed by atoms with Gasteiger partial charge < -0.3 is 16.0 Å². The maximum atomic E-state index is 11.9. The van der Waals surface area contributed by atoms with Gasteiger partial charge in [-0.05, 0) is 38.4 Å². The van der Waals surface area contributed by atoms with Crippen LogP contribution < -0.4 is 16.0 Å². The summed E-state index contributed by atoms with van der Waals surface area (Å²) in [6.45, 7) is 3.78. The summed E-state index contributed by atoms with van der Waals surface area (Å²) >= 11 is 0. The molecule has 0 saturated carbocycles. The van der Waals surface area contributed by atoms with E-state index in [-0.39, 0.29) is 17.9 Å². The third kappa shape index (κ3) is 4.86. The second-order valence-corrected chi connectivity index (χ2v) is 5.42. The van der Waals surface area contributed by atoms with Gasteiger partial charge in [0, 0.05) is 18.7 Å². The number of benzene rings is 1. The fraction of sp³-hybridized carbons (Fsp3) is 0.500. The van der Waals surface area contributed by atoms with Crippen LogP contribution in [0.5, 0.6) is 0 Å². The fourth-order valence-electron chi connectivity index (χ4n) is 2.37. The van der Waals surface area contributed by atoms with Crippen molar-refractivity contribution in [2.24, 2.45) is 0 Å². The normalized spacial score (nSPS) is 18.0. The number of hydrogen-bond donors (Lipinski definition) is 3. The molecular formula is C16H23N3O2. The molecule has 0 spiro atoms. The van der Waals surface area contributed by atoms with E-state index in [9.17, 15) is 9.59 Å². The molecule has 1 atom stereocenters. The molecular weight excluding hydrogens is 266 g/mol. The molecule has 3 N–H and O–H groups in total. The second-order valence-electron chi connectivity index (χ2n) is 5.42. The van der Waals surface area contributed by atoms with Gasteiger partial charge in [-0.2, -0.15) is 0 Å². The summed E-state index contributed by atoms with van der Waals surface area (Å²) in [5, 5.41) is 8.86. The molecule has 0 unspecified atom stereocenters. The van der Waals surface area contributed by atoms with Gasteiger partial charge in [0.15, 0.2) is 0 Å². The Balaban J connectivity index is 1.66. The van der Waals surface area contributed by atoms with Crippen molar-refractivity contribution in [2.75, 3.05) is 19.6 Å². The number of hydrogen-bond acceptors (Lipinski definition) is 3. The van der Waals surface area contributed by atoms with E-state index in [4.69, 9.17) is 0 Å². The molecule has 1 aliphatic rings. The van der Waals surface area contributed by atoms with Crippen LogP contribution in [-0.4, -0.2) is 37.5 Å². The zero-order chi connectivity index (χ0) is 15.1. The summed E-state index contributed by atoms with van der Waals surface area (Å²) in [5.74, 6) is -0.0840. The van der Waals surface area contributed by atoms with Crippen LogP contribution in [0.2, 0.25) is 0 Å². The molecule has 1 aromatic carbocycles. The molecule has 1 saturated heterocycles. The molecule has 1 aliphatic heterocycles. The summed E-state index contributed by atoms with van der Waals surface area (Å²) in [6.07, 6.45) is 3.12. The van der Waals surface area contributed by atoms with E-state index in [0.717, 1.165) is 31.4 Å². The first-order valence-corrected chi connectivity index (χ1v) is 7.53. The average molecular weight is 289 g/mol. The highest BCUT2D eigenvalue weighted by atomic mass is 16.2. The van der Waals surface area contributed by atoms with E-state index in [1.54, 1.807) is 12.1 Å². The Morgan fingerprint density at radius 3 is 2.52 bits per heavy atom. The van der Waals surface area contributed by atoms with Crippen LogP contribution in [0.25, 0.3) is 0 Å². The maximum absolute atomic E-state index is 11.9. The van der Waals surface area contributed by atoms with E-state index in [0.29, 0.717) is 18.7 Å². The quantitative estimate of drug-likeness (QED) is 0.708. The topological polar surface area (TPSA) is 70.2 Å². The Morgan fingerprint density at radius 2 is 1.86 bits per heavy atom. The zero-order valence-corrected chi connectivity index (χ0v) is 12.4. The third-order valence-electron chi connectivity index (χ3n) is 3.65. The monoisotopic (exact) mass is 289 g/mol. The van der Waals surface area contributed by atoms with Crippen molar-refractivity contribution in [2.45, 2.75) is 32.2 Å². The minimum Gasteiger partial charge on any atom is -0.353 e. The smallest absolute Gasteiger partial charge is 0.251 e. The van der Waals surface area contributed by atoms with Crippen LogP contribution in [0.4, 0.5) is 0 Å². The highest BCUT2D eigenvalue weighted by Gasteiger charge is 2.19. The van der Waals surface area contributed by atoms with Crippen LogP contribution in [0.1, 0.15) is 35.2 Å². The molecule has 5 nitrogen and oxygen atoms in total. The first-order valence-electron chi connectivity index (χ1n) is 7.53. The Kier molecular flexibility index (Phi) is 5.75. The maximum Gasteiger partial charge on any atom is 0.251 e. The number of aryl methyl sites for hydroxylation is 1. The van der Waals surface area contributed by atoms with Crippen molar-refractivity contribution in [1.29, 1.82) is 0 Å². The van der Waals surface area contributed by atoms with Gasteiger partial charge in [-0.1, -0.05) is 24.1 Å². The zero-order valence-electron chi connectivity index (χ0n) is 12.4. The minimum absolute atomic E-state index is 0.0271. The number of nitrogens with one attached hydrogen (secondary N) is 3. The van der Waals surface area contributed by atoms with Crippen molar-refractivity contribution in [1.82, 2.24) is 16.0 Å². The van der Waals surface area contributed by atoms with Crippen LogP contribution >= 0.6 is 0 Å². The first-order chi connectivity index (χ1) is 10.2. The van der Waals surface area contributed by atoms with Crippen molar-refractivity contribution in [3.8, 4) is 0 Å². The molecule has 2 rings (SSSR count). The molecule has 0 aromatic heterocycles. The Morgan fingerprint density at radius 1 is 1.14 bits per heavy atom. The van der Waals surface area contributed by atoms with Crippen molar-refractivity contribution >= 4 is 11.8 Å². The first kappa shape index (κ1) is 15.5. The van der Waals surface area contributed by atoms with Crippen LogP contribution in [0.3, 0.4) is 0 Å².